The smallest absolute Gasteiger partial charge is 0.192 e. The minimum atomic E-state index is -2.27. The number of hydrogen-bond acceptors (Lipinski definition) is 6. The molecule has 0 N–H and O–H groups in total. The zero-order valence-corrected chi connectivity index (χ0v) is 34.1. The highest BCUT2D eigenvalue weighted by atomic mass is 28.4. The van der Waals surface area contributed by atoms with E-state index in [0.717, 1.165) is 44.9 Å². The molecule has 0 unspecified atom stereocenters. The number of benzene rings is 6. The first-order valence-electron chi connectivity index (χ1n) is 19.4. The second-order valence-corrected chi connectivity index (χ2v) is 20.6. The van der Waals surface area contributed by atoms with Gasteiger partial charge in [-0.25, -0.2) is 0 Å². The van der Waals surface area contributed by atoms with Crippen molar-refractivity contribution in [1.29, 1.82) is 0 Å². The third-order valence-corrected chi connectivity index (χ3v) is 15.2. The molecule has 2 atom stereocenters. The Balaban J connectivity index is 1.26. The first-order valence-corrected chi connectivity index (χ1v) is 22.3. The number of hydrogen-bond donors (Lipinski definition) is 0. The van der Waals surface area contributed by atoms with Crippen molar-refractivity contribution in [3.63, 3.8) is 0 Å². The molecule has 56 heavy (non-hydrogen) atoms. The normalized spacial score (nSPS) is 15.3. The van der Waals surface area contributed by atoms with E-state index >= 15 is 0 Å². The molecule has 6 nitrogen and oxygen atoms in total. The third-order valence-electron chi connectivity index (χ3n) is 10.6. The molecule has 0 aromatic heterocycles. The van der Waals surface area contributed by atoms with Gasteiger partial charge in [0.1, 0.15) is 49.8 Å². The number of fused-ring (bicyclic) bond motifs is 1. The van der Waals surface area contributed by atoms with Crippen molar-refractivity contribution < 1.29 is 28.1 Å². The topological polar surface area (TPSA) is 55.4 Å². The maximum atomic E-state index is 7.28. The van der Waals surface area contributed by atoms with Crippen molar-refractivity contribution >= 4 is 8.32 Å². The van der Waals surface area contributed by atoms with Crippen LogP contribution in [0, 0.1) is 0 Å². The van der Waals surface area contributed by atoms with Gasteiger partial charge in [0.15, 0.2) is 19.8 Å². The second kappa shape index (κ2) is 17.5. The minimum Gasteiger partial charge on any atom is -0.489 e. The summed E-state index contributed by atoms with van der Waals surface area (Å²) in [6.07, 6.45) is -0.135. The molecule has 0 aliphatic carbocycles. The standard InChI is InChI=1S/C49H52O6Si/c1-49(2,3)56(4,5)55-47-31-42-44(52-34-38-22-14-8-15-23-38)29-41(50-32-36-18-10-6-11-19-36)30-45(42)54-48(47)40-26-27-43(51-33-37-20-12-7-13-21-37)46(28-40)53-35-39-24-16-9-17-25-39/h6-30,47-48H,31-35H2,1-5H3/t47-,48-/m1/s1. The van der Waals surface area contributed by atoms with Gasteiger partial charge >= 0.3 is 0 Å². The Kier molecular flexibility index (Phi) is 12.1. The van der Waals surface area contributed by atoms with Crippen LogP contribution in [0.4, 0.5) is 0 Å². The van der Waals surface area contributed by atoms with E-state index in [-0.39, 0.29) is 11.1 Å². The van der Waals surface area contributed by atoms with Crippen molar-refractivity contribution in [2.75, 3.05) is 0 Å². The van der Waals surface area contributed by atoms with Crippen molar-refractivity contribution in [2.24, 2.45) is 0 Å². The zero-order valence-electron chi connectivity index (χ0n) is 33.1. The lowest BCUT2D eigenvalue weighted by Crippen LogP contribution is -2.47. The van der Waals surface area contributed by atoms with Crippen LogP contribution in [0.25, 0.3) is 0 Å². The molecule has 0 fully saturated rings. The average molecular weight is 765 g/mol. The highest BCUT2D eigenvalue weighted by Crippen LogP contribution is 2.48. The summed E-state index contributed by atoms with van der Waals surface area (Å²) >= 11 is 0. The molecule has 6 aromatic rings. The molecule has 1 heterocycles. The summed E-state index contributed by atoms with van der Waals surface area (Å²) in [7, 11) is -2.27. The summed E-state index contributed by atoms with van der Waals surface area (Å²) in [5.41, 5.74) is 6.22. The fourth-order valence-corrected chi connectivity index (χ4v) is 7.77. The van der Waals surface area contributed by atoms with Crippen LogP contribution in [0.1, 0.15) is 60.3 Å². The monoisotopic (exact) mass is 764 g/mol. The molecule has 6 aromatic carbocycles. The molecule has 0 amide bonds. The van der Waals surface area contributed by atoms with Crippen LogP contribution >= 0.6 is 0 Å². The molecular formula is C49H52O6Si. The fourth-order valence-electron chi connectivity index (χ4n) is 6.46. The van der Waals surface area contributed by atoms with Crippen molar-refractivity contribution in [1.82, 2.24) is 0 Å². The first-order chi connectivity index (χ1) is 27.1. The SMILES string of the molecule is CC(C)(C)[Si](C)(C)O[C@@H]1Cc2c(OCc3ccccc3)cc(OCc3ccccc3)cc2O[C@@H]1c1ccc(OCc2ccccc2)c(OCc2ccccc2)c1. The zero-order chi connectivity index (χ0) is 39.0. The van der Waals surface area contributed by atoms with Crippen LogP contribution in [0.2, 0.25) is 18.1 Å². The summed E-state index contributed by atoms with van der Waals surface area (Å²) in [4.78, 5) is 0. The molecule has 7 rings (SSSR count). The maximum Gasteiger partial charge on any atom is 0.192 e. The molecule has 1 aliphatic rings. The molecule has 0 saturated carbocycles. The van der Waals surface area contributed by atoms with E-state index in [0.29, 0.717) is 50.1 Å². The average Bonchev–Trinajstić information content (AvgIpc) is 3.21. The molecule has 0 radical (unpaired) electrons. The van der Waals surface area contributed by atoms with Crippen molar-refractivity contribution in [3.05, 3.63) is 185 Å². The number of ether oxygens (including phenoxy) is 5. The summed E-state index contributed by atoms with van der Waals surface area (Å²) in [5.74, 6) is 3.44. The van der Waals surface area contributed by atoms with Gasteiger partial charge in [0.05, 0.1) is 6.10 Å². The second-order valence-electron chi connectivity index (χ2n) is 15.9. The highest BCUT2D eigenvalue weighted by Gasteiger charge is 2.44. The number of rotatable bonds is 15. The largest absolute Gasteiger partial charge is 0.489 e. The Morgan fingerprint density at radius 3 is 1.50 bits per heavy atom. The van der Waals surface area contributed by atoms with Crippen LogP contribution in [0.5, 0.6) is 28.7 Å². The van der Waals surface area contributed by atoms with Gasteiger partial charge < -0.3 is 28.1 Å². The first kappa shape index (κ1) is 38.8. The lowest BCUT2D eigenvalue weighted by Gasteiger charge is -2.43. The van der Waals surface area contributed by atoms with Gasteiger partial charge in [-0.3, -0.25) is 0 Å². The van der Waals surface area contributed by atoms with E-state index in [1.807, 2.05) is 91.0 Å². The van der Waals surface area contributed by atoms with E-state index in [1.54, 1.807) is 0 Å². The van der Waals surface area contributed by atoms with Crippen LogP contribution in [0.3, 0.4) is 0 Å². The van der Waals surface area contributed by atoms with Crippen LogP contribution in [-0.4, -0.2) is 14.4 Å². The predicted molar refractivity (Wildman–Crippen MR) is 225 cm³/mol. The van der Waals surface area contributed by atoms with E-state index in [4.69, 9.17) is 28.1 Å². The van der Waals surface area contributed by atoms with Gasteiger partial charge in [-0.15, -0.1) is 0 Å². The third kappa shape index (κ3) is 9.83. The molecule has 7 heteroatoms. The molecule has 0 spiro atoms. The fraction of sp³-hybridized carbons (Fsp3) is 0.265. The van der Waals surface area contributed by atoms with E-state index in [9.17, 15) is 0 Å². The van der Waals surface area contributed by atoms with Gasteiger partial charge in [0.25, 0.3) is 0 Å². The Morgan fingerprint density at radius 1 is 0.536 bits per heavy atom. The minimum absolute atomic E-state index is 0.0152. The molecule has 0 saturated heterocycles. The van der Waals surface area contributed by atoms with Gasteiger partial charge in [-0.2, -0.15) is 0 Å². The predicted octanol–water partition coefficient (Wildman–Crippen LogP) is 12.1. The lowest BCUT2D eigenvalue weighted by atomic mass is 9.93. The maximum absolute atomic E-state index is 7.28. The summed E-state index contributed by atoms with van der Waals surface area (Å²) in [6.45, 7) is 13.0. The molecule has 288 valence electrons. The van der Waals surface area contributed by atoms with Gasteiger partial charge in [-0.05, 0) is 58.1 Å². The summed E-state index contributed by atoms with van der Waals surface area (Å²) in [5, 5.41) is -0.0152. The quantitative estimate of drug-likeness (QED) is 0.0971. The summed E-state index contributed by atoms with van der Waals surface area (Å²) < 4.78 is 40.3. The summed E-state index contributed by atoms with van der Waals surface area (Å²) in [6, 6.07) is 50.8. The van der Waals surface area contributed by atoms with Crippen LogP contribution < -0.4 is 23.7 Å². The van der Waals surface area contributed by atoms with Crippen LogP contribution in [0.15, 0.2) is 152 Å². The molecule has 0 bridgehead atoms. The van der Waals surface area contributed by atoms with Crippen LogP contribution in [-0.2, 0) is 37.3 Å². The Hall–Kier alpha value is -5.50. The Morgan fingerprint density at radius 2 is 1.00 bits per heavy atom. The van der Waals surface area contributed by atoms with Gasteiger partial charge in [0.2, 0.25) is 0 Å². The Bertz CT molecular complexity index is 2150. The van der Waals surface area contributed by atoms with E-state index in [1.165, 1.54) is 0 Å². The van der Waals surface area contributed by atoms with Crippen molar-refractivity contribution in [3.8, 4) is 28.7 Å². The van der Waals surface area contributed by atoms with E-state index < -0.39 is 14.4 Å². The Labute approximate surface area is 333 Å². The molecular weight excluding hydrogens is 713 g/mol. The molecule has 1 aliphatic heterocycles. The van der Waals surface area contributed by atoms with Gasteiger partial charge in [0, 0.05) is 24.1 Å². The van der Waals surface area contributed by atoms with Gasteiger partial charge in [-0.1, -0.05) is 148 Å². The lowest BCUT2D eigenvalue weighted by molar-refractivity contribution is 0.0271. The van der Waals surface area contributed by atoms with Crippen molar-refractivity contribution in [2.45, 2.75) is 84.0 Å². The highest BCUT2D eigenvalue weighted by molar-refractivity contribution is 6.74. The van der Waals surface area contributed by atoms with E-state index in [2.05, 4.69) is 94.5 Å².